The lowest BCUT2D eigenvalue weighted by atomic mass is 10.2. The van der Waals surface area contributed by atoms with Gasteiger partial charge in [-0.15, -0.1) is 6.58 Å². The number of carbonyl (C=O) groups excluding carboxylic acids is 1. The van der Waals surface area contributed by atoms with E-state index < -0.39 is 9.84 Å². The van der Waals surface area contributed by atoms with Crippen LogP contribution in [0, 0.1) is 0 Å². The summed E-state index contributed by atoms with van der Waals surface area (Å²) in [6.07, 6.45) is 4.57. The smallest absolute Gasteiger partial charge is 0.154 e. The maximum Gasteiger partial charge on any atom is 0.154 e. The highest BCUT2D eigenvalue weighted by molar-refractivity contribution is 7.91. The van der Waals surface area contributed by atoms with Crippen LogP contribution in [0.1, 0.15) is 19.3 Å². The number of Topliss-reactive ketones (excluding diaryl/α,β-unsaturated/α-hetero) is 1. The van der Waals surface area contributed by atoms with Gasteiger partial charge in [-0.2, -0.15) is 0 Å². The SMILES string of the molecule is C=CCCCC(=O)CS(C)(=O)=O. The number of rotatable bonds is 6. The second-order valence-electron chi connectivity index (χ2n) is 2.79. The molecule has 70 valence electrons. The summed E-state index contributed by atoms with van der Waals surface area (Å²) < 4.78 is 21.3. The number of ketones is 1. The van der Waals surface area contributed by atoms with Crippen LogP contribution in [-0.4, -0.2) is 26.2 Å². The molecular weight excluding hydrogens is 176 g/mol. The molecule has 0 aromatic heterocycles. The van der Waals surface area contributed by atoms with E-state index in [4.69, 9.17) is 0 Å². The molecule has 3 nitrogen and oxygen atoms in total. The summed E-state index contributed by atoms with van der Waals surface area (Å²) in [5.74, 6) is -0.538. The Kier molecular flexibility index (Phi) is 4.81. The molecule has 0 amide bonds. The van der Waals surface area contributed by atoms with Crippen molar-refractivity contribution in [2.45, 2.75) is 19.3 Å². The molecular formula is C8H14O3S. The van der Waals surface area contributed by atoms with Crippen LogP contribution in [0.2, 0.25) is 0 Å². The maximum atomic E-state index is 10.9. The fourth-order valence-corrected chi connectivity index (χ4v) is 1.54. The van der Waals surface area contributed by atoms with Crippen molar-refractivity contribution < 1.29 is 13.2 Å². The Morgan fingerprint density at radius 1 is 1.50 bits per heavy atom. The van der Waals surface area contributed by atoms with E-state index in [0.717, 1.165) is 12.7 Å². The molecule has 0 spiro atoms. The van der Waals surface area contributed by atoms with Gasteiger partial charge in [0.05, 0.1) is 0 Å². The first kappa shape index (κ1) is 11.4. The molecule has 0 rings (SSSR count). The summed E-state index contributed by atoms with van der Waals surface area (Å²) in [5.41, 5.74) is 0. The normalized spacial score (nSPS) is 11.1. The van der Waals surface area contributed by atoms with Gasteiger partial charge in [0.2, 0.25) is 0 Å². The Balaban J connectivity index is 3.68. The number of carbonyl (C=O) groups is 1. The van der Waals surface area contributed by atoms with E-state index in [2.05, 4.69) is 6.58 Å². The molecule has 0 aromatic carbocycles. The second-order valence-corrected chi connectivity index (χ2v) is 4.93. The van der Waals surface area contributed by atoms with E-state index in [1.165, 1.54) is 0 Å². The van der Waals surface area contributed by atoms with Gasteiger partial charge in [0.15, 0.2) is 9.84 Å². The summed E-state index contributed by atoms with van der Waals surface area (Å²) >= 11 is 0. The third-order valence-electron chi connectivity index (χ3n) is 1.29. The van der Waals surface area contributed by atoms with Gasteiger partial charge in [-0.05, 0) is 12.8 Å². The van der Waals surface area contributed by atoms with Gasteiger partial charge >= 0.3 is 0 Å². The van der Waals surface area contributed by atoms with Crippen LogP contribution in [-0.2, 0) is 14.6 Å². The predicted octanol–water partition coefficient (Wildman–Crippen LogP) is 0.956. The second kappa shape index (κ2) is 5.09. The van der Waals surface area contributed by atoms with Crippen LogP contribution in [0.4, 0.5) is 0 Å². The molecule has 0 aliphatic rings. The van der Waals surface area contributed by atoms with E-state index in [1.54, 1.807) is 6.08 Å². The molecule has 0 unspecified atom stereocenters. The molecule has 0 saturated heterocycles. The number of allylic oxidation sites excluding steroid dienone is 1. The molecule has 4 heteroatoms. The van der Waals surface area contributed by atoms with Gasteiger partial charge in [0.1, 0.15) is 11.5 Å². The fraction of sp³-hybridized carbons (Fsp3) is 0.625. The van der Waals surface area contributed by atoms with Gasteiger partial charge in [-0.3, -0.25) is 4.79 Å². The number of hydrogen-bond acceptors (Lipinski definition) is 3. The largest absolute Gasteiger partial charge is 0.299 e. The standard InChI is InChI=1S/C8H14O3S/c1-3-4-5-6-8(9)7-12(2,10)11/h3H,1,4-7H2,2H3. The van der Waals surface area contributed by atoms with E-state index in [0.29, 0.717) is 12.8 Å². The van der Waals surface area contributed by atoms with Crippen molar-refractivity contribution in [2.75, 3.05) is 12.0 Å². The Labute approximate surface area is 73.4 Å². The predicted molar refractivity (Wildman–Crippen MR) is 48.8 cm³/mol. The Morgan fingerprint density at radius 3 is 2.50 bits per heavy atom. The first-order valence-corrected chi connectivity index (χ1v) is 5.82. The first-order valence-electron chi connectivity index (χ1n) is 3.76. The van der Waals surface area contributed by atoms with Crippen molar-refractivity contribution in [1.82, 2.24) is 0 Å². The molecule has 0 aromatic rings. The van der Waals surface area contributed by atoms with E-state index in [-0.39, 0.29) is 11.5 Å². The Bertz CT molecular complexity index is 251. The third kappa shape index (κ3) is 7.47. The lowest BCUT2D eigenvalue weighted by Crippen LogP contribution is -2.13. The van der Waals surface area contributed by atoms with Crippen molar-refractivity contribution in [1.29, 1.82) is 0 Å². The fourth-order valence-electron chi connectivity index (χ4n) is 0.808. The maximum absolute atomic E-state index is 10.9. The van der Waals surface area contributed by atoms with Crippen molar-refractivity contribution >= 4 is 15.6 Å². The summed E-state index contributed by atoms with van der Waals surface area (Å²) in [7, 11) is -3.14. The lowest BCUT2D eigenvalue weighted by Gasteiger charge is -1.96. The zero-order valence-electron chi connectivity index (χ0n) is 7.25. The van der Waals surface area contributed by atoms with Crippen molar-refractivity contribution in [3.63, 3.8) is 0 Å². The van der Waals surface area contributed by atoms with Crippen LogP contribution in [0.3, 0.4) is 0 Å². The van der Waals surface area contributed by atoms with Gasteiger partial charge < -0.3 is 0 Å². The van der Waals surface area contributed by atoms with Gasteiger partial charge in [-0.1, -0.05) is 6.08 Å². The van der Waals surface area contributed by atoms with Gasteiger partial charge in [0.25, 0.3) is 0 Å². The average Bonchev–Trinajstić information content (AvgIpc) is 1.84. The van der Waals surface area contributed by atoms with Crippen LogP contribution < -0.4 is 0 Å². The molecule has 0 radical (unpaired) electrons. The van der Waals surface area contributed by atoms with Crippen molar-refractivity contribution in [2.24, 2.45) is 0 Å². The van der Waals surface area contributed by atoms with Crippen LogP contribution in [0.5, 0.6) is 0 Å². The molecule has 0 heterocycles. The van der Waals surface area contributed by atoms with Crippen LogP contribution >= 0.6 is 0 Å². The molecule has 0 aliphatic heterocycles. The first-order chi connectivity index (χ1) is 5.45. The Hall–Kier alpha value is -0.640. The molecule has 0 saturated carbocycles. The molecule has 12 heavy (non-hydrogen) atoms. The Morgan fingerprint density at radius 2 is 2.08 bits per heavy atom. The summed E-state index contributed by atoms with van der Waals surface area (Å²) in [6.45, 7) is 3.50. The summed E-state index contributed by atoms with van der Waals surface area (Å²) in [4.78, 5) is 10.9. The molecule has 0 bridgehead atoms. The number of unbranched alkanes of at least 4 members (excludes halogenated alkanes) is 1. The van der Waals surface area contributed by atoms with Crippen molar-refractivity contribution in [3.8, 4) is 0 Å². The van der Waals surface area contributed by atoms with Crippen LogP contribution in [0.15, 0.2) is 12.7 Å². The minimum Gasteiger partial charge on any atom is -0.299 e. The molecule has 0 aliphatic carbocycles. The number of sulfone groups is 1. The van der Waals surface area contributed by atoms with Gasteiger partial charge in [0, 0.05) is 12.7 Å². The highest BCUT2D eigenvalue weighted by atomic mass is 32.2. The highest BCUT2D eigenvalue weighted by Gasteiger charge is 2.09. The topological polar surface area (TPSA) is 51.2 Å². The van der Waals surface area contributed by atoms with E-state index >= 15 is 0 Å². The quantitative estimate of drug-likeness (QED) is 0.463. The van der Waals surface area contributed by atoms with Crippen LogP contribution in [0.25, 0.3) is 0 Å². The third-order valence-corrected chi connectivity index (χ3v) is 2.13. The lowest BCUT2D eigenvalue weighted by molar-refractivity contribution is -0.116. The van der Waals surface area contributed by atoms with E-state index in [1.807, 2.05) is 0 Å². The average molecular weight is 190 g/mol. The molecule has 0 fully saturated rings. The van der Waals surface area contributed by atoms with Crippen molar-refractivity contribution in [3.05, 3.63) is 12.7 Å². The molecule has 0 N–H and O–H groups in total. The minimum atomic E-state index is -3.14. The highest BCUT2D eigenvalue weighted by Crippen LogP contribution is 1.98. The molecule has 0 atom stereocenters. The zero-order chi connectivity index (χ0) is 9.61. The van der Waals surface area contributed by atoms with E-state index in [9.17, 15) is 13.2 Å². The minimum absolute atomic E-state index is 0.209. The summed E-state index contributed by atoms with van der Waals surface area (Å²) in [5, 5.41) is 0. The monoisotopic (exact) mass is 190 g/mol. The summed E-state index contributed by atoms with van der Waals surface area (Å²) in [6, 6.07) is 0. The van der Waals surface area contributed by atoms with Gasteiger partial charge in [-0.25, -0.2) is 8.42 Å². The zero-order valence-corrected chi connectivity index (χ0v) is 8.06. The number of hydrogen-bond donors (Lipinski definition) is 0.